The molecule has 6 nitrogen and oxygen atoms in total. The second-order valence-electron chi connectivity index (χ2n) is 3.74. The van der Waals surface area contributed by atoms with E-state index in [-0.39, 0.29) is 12.8 Å². The summed E-state index contributed by atoms with van der Waals surface area (Å²) < 4.78 is 0. The second-order valence-corrected chi connectivity index (χ2v) is 3.74. The number of aldehydes is 2. The molecule has 0 aromatic rings. The highest BCUT2D eigenvalue weighted by Crippen LogP contribution is 2.03. The van der Waals surface area contributed by atoms with E-state index < -0.39 is 11.9 Å². The molecule has 0 aliphatic heterocycles. The van der Waals surface area contributed by atoms with Crippen molar-refractivity contribution < 1.29 is 29.0 Å². The van der Waals surface area contributed by atoms with Gasteiger partial charge in [0.25, 0.3) is 0 Å². The topological polar surface area (TPSA) is 86.7 Å². The fourth-order valence-electron chi connectivity index (χ4n) is 1.17. The van der Waals surface area contributed by atoms with E-state index in [4.69, 9.17) is 0 Å². The fourth-order valence-corrected chi connectivity index (χ4v) is 1.17. The molecule has 0 saturated heterocycles. The average molecular weight is 258 g/mol. The lowest BCUT2D eigenvalue weighted by molar-refractivity contribution is -0.259. The van der Waals surface area contributed by atoms with E-state index in [2.05, 4.69) is 9.78 Å². The van der Waals surface area contributed by atoms with Crippen molar-refractivity contribution in [3.8, 4) is 0 Å². The van der Waals surface area contributed by atoms with Crippen LogP contribution in [0.5, 0.6) is 0 Å². The summed E-state index contributed by atoms with van der Waals surface area (Å²) in [5.41, 5.74) is 0. The van der Waals surface area contributed by atoms with Crippen molar-refractivity contribution in [3.63, 3.8) is 0 Å². The van der Waals surface area contributed by atoms with Crippen molar-refractivity contribution in [3.05, 3.63) is 0 Å². The molecule has 0 atom stereocenters. The van der Waals surface area contributed by atoms with E-state index in [1.807, 2.05) is 0 Å². The molecule has 0 unspecified atom stereocenters. The molecule has 18 heavy (non-hydrogen) atoms. The number of hydrogen-bond donors (Lipinski definition) is 0. The summed E-state index contributed by atoms with van der Waals surface area (Å²) in [5, 5.41) is 0. The van der Waals surface area contributed by atoms with Gasteiger partial charge in [-0.15, -0.1) is 0 Å². The molecule has 0 aliphatic rings. The monoisotopic (exact) mass is 258 g/mol. The van der Waals surface area contributed by atoms with Crippen molar-refractivity contribution >= 4 is 24.5 Å². The van der Waals surface area contributed by atoms with Crippen LogP contribution in [0.25, 0.3) is 0 Å². The number of unbranched alkanes of at least 4 members (excludes halogenated alkanes) is 4. The van der Waals surface area contributed by atoms with Gasteiger partial charge in [-0.1, -0.05) is 0 Å². The van der Waals surface area contributed by atoms with Gasteiger partial charge >= 0.3 is 11.9 Å². The zero-order valence-corrected chi connectivity index (χ0v) is 10.3. The number of hydrogen-bond acceptors (Lipinski definition) is 6. The first kappa shape index (κ1) is 16.3. The molecule has 0 radical (unpaired) electrons. The molecule has 6 heteroatoms. The van der Waals surface area contributed by atoms with Crippen molar-refractivity contribution in [1.82, 2.24) is 0 Å². The molecule has 0 fully saturated rings. The van der Waals surface area contributed by atoms with E-state index in [1.54, 1.807) is 0 Å². The lowest BCUT2D eigenvalue weighted by atomic mass is 10.2. The van der Waals surface area contributed by atoms with Gasteiger partial charge in [-0.3, -0.25) is 0 Å². The first-order valence-corrected chi connectivity index (χ1v) is 5.98. The Morgan fingerprint density at radius 1 is 0.722 bits per heavy atom. The van der Waals surface area contributed by atoms with Gasteiger partial charge in [0.2, 0.25) is 0 Å². The van der Waals surface area contributed by atoms with Gasteiger partial charge in [0.15, 0.2) is 0 Å². The number of carbonyl (C=O) groups excluding carboxylic acids is 4. The summed E-state index contributed by atoms with van der Waals surface area (Å²) in [7, 11) is 0. The van der Waals surface area contributed by atoms with E-state index in [9.17, 15) is 19.2 Å². The van der Waals surface area contributed by atoms with E-state index >= 15 is 0 Å². The normalized spacial score (nSPS) is 9.56. The van der Waals surface area contributed by atoms with Crippen LogP contribution in [0.2, 0.25) is 0 Å². The summed E-state index contributed by atoms with van der Waals surface area (Å²) in [6.45, 7) is 0. The third-order valence-electron chi connectivity index (χ3n) is 2.13. The molecular formula is C12H18O6. The van der Waals surface area contributed by atoms with E-state index in [0.29, 0.717) is 38.5 Å². The summed E-state index contributed by atoms with van der Waals surface area (Å²) >= 11 is 0. The number of carbonyl (C=O) groups is 4. The molecule has 0 saturated carbocycles. The Hall–Kier alpha value is -1.72. The quantitative estimate of drug-likeness (QED) is 0.255. The summed E-state index contributed by atoms with van der Waals surface area (Å²) in [6, 6.07) is 0. The van der Waals surface area contributed by atoms with Gasteiger partial charge in [0.1, 0.15) is 12.6 Å². The van der Waals surface area contributed by atoms with Crippen LogP contribution in [0.15, 0.2) is 0 Å². The van der Waals surface area contributed by atoms with Gasteiger partial charge in [-0.2, -0.15) is 0 Å². The lowest BCUT2D eigenvalue weighted by Crippen LogP contribution is -2.11. The molecule has 0 N–H and O–H groups in total. The molecular weight excluding hydrogens is 240 g/mol. The van der Waals surface area contributed by atoms with Crippen LogP contribution in [0, 0.1) is 0 Å². The minimum Gasteiger partial charge on any atom is -0.303 e. The van der Waals surface area contributed by atoms with Gasteiger partial charge in [-0.25, -0.2) is 19.4 Å². The van der Waals surface area contributed by atoms with E-state index in [0.717, 1.165) is 12.6 Å². The largest absolute Gasteiger partial charge is 0.355 e. The maximum absolute atomic E-state index is 11.1. The lowest BCUT2D eigenvalue weighted by Gasteiger charge is -2.02. The molecule has 0 aliphatic carbocycles. The molecule has 102 valence electrons. The molecule has 0 amide bonds. The average Bonchev–Trinajstić information content (AvgIpc) is 2.37. The van der Waals surface area contributed by atoms with Crippen LogP contribution < -0.4 is 0 Å². The van der Waals surface area contributed by atoms with Gasteiger partial charge in [0, 0.05) is 12.8 Å². The standard InChI is InChI=1S/C12H18O6/c13-9-5-1-3-7-11(15)17-18-12(16)8-4-2-6-10-14/h9-10H,1-8H2. The van der Waals surface area contributed by atoms with Crippen molar-refractivity contribution in [1.29, 1.82) is 0 Å². The maximum atomic E-state index is 11.1. The Kier molecular flexibility index (Phi) is 10.6. The molecule has 0 rings (SSSR count). The minimum absolute atomic E-state index is 0.117. The zero-order valence-electron chi connectivity index (χ0n) is 10.3. The van der Waals surface area contributed by atoms with Crippen LogP contribution in [0.3, 0.4) is 0 Å². The van der Waals surface area contributed by atoms with E-state index in [1.165, 1.54) is 0 Å². The third kappa shape index (κ3) is 10.8. The Labute approximate surface area is 106 Å². The Balaban J connectivity index is 3.44. The Morgan fingerprint density at radius 2 is 1.11 bits per heavy atom. The predicted octanol–water partition coefficient (Wildman–Crippen LogP) is 1.51. The summed E-state index contributed by atoms with van der Waals surface area (Å²) in [5.74, 6) is -1.25. The van der Waals surface area contributed by atoms with Crippen molar-refractivity contribution in [2.24, 2.45) is 0 Å². The first-order valence-electron chi connectivity index (χ1n) is 5.98. The highest BCUT2D eigenvalue weighted by molar-refractivity contribution is 5.72. The predicted molar refractivity (Wildman–Crippen MR) is 61.2 cm³/mol. The summed E-state index contributed by atoms with van der Waals surface area (Å²) in [6.07, 6.45) is 4.88. The zero-order chi connectivity index (χ0) is 13.6. The van der Waals surface area contributed by atoms with Crippen LogP contribution >= 0.6 is 0 Å². The second kappa shape index (κ2) is 11.8. The fraction of sp³-hybridized carbons (Fsp3) is 0.667. The van der Waals surface area contributed by atoms with Crippen molar-refractivity contribution in [2.45, 2.75) is 51.4 Å². The molecule has 0 aromatic carbocycles. The van der Waals surface area contributed by atoms with Crippen LogP contribution in [0.1, 0.15) is 51.4 Å². The van der Waals surface area contributed by atoms with Crippen molar-refractivity contribution in [2.75, 3.05) is 0 Å². The maximum Gasteiger partial charge on any atom is 0.355 e. The smallest absolute Gasteiger partial charge is 0.303 e. The van der Waals surface area contributed by atoms with Crippen LogP contribution in [0.4, 0.5) is 0 Å². The highest BCUT2D eigenvalue weighted by atomic mass is 17.2. The molecule has 0 spiro atoms. The van der Waals surface area contributed by atoms with Crippen LogP contribution in [-0.2, 0) is 29.0 Å². The summed E-state index contributed by atoms with van der Waals surface area (Å²) in [4.78, 5) is 50.7. The minimum atomic E-state index is -0.623. The third-order valence-corrected chi connectivity index (χ3v) is 2.13. The molecule has 0 aromatic heterocycles. The van der Waals surface area contributed by atoms with Gasteiger partial charge < -0.3 is 9.59 Å². The molecule has 0 bridgehead atoms. The Bertz CT molecular complexity index is 246. The SMILES string of the molecule is O=CCCCCC(=O)OOC(=O)CCCCC=O. The molecule has 0 heterocycles. The highest BCUT2D eigenvalue weighted by Gasteiger charge is 2.09. The first-order chi connectivity index (χ1) is 8.70. The van der Waals surface area contributed by atoms with Gasteiger partial charge in [0.05, 0.1) is 12.8 Å². The Morgan fingerprint density at radius 3 is 1.44 bits per heavy atom. The van der Waals surface area contributed by atoms with Crippen LogP contribution in [-0.4, -0.2) is 24.5 Å². The van der Waals surface area contributed by atoms with Gasteiger partial charge in [-0.05, 0) is 25.7 Å². The number of rotatable bonds is 10.